The lowest BCUT2D eigenvalue weighted by Gasteiger charge is -2.11. The molecule has 0 saturated heterocycles. The van der Waals surface area contributed by atoms with E-state index in [1.807, 2.05) is 48.5 Å². The van der Waals surface area contributed by atoms with E-state index in [4.69, 9.17) is 9.25 Å². The van der Waals surface area contributed by atoms with Gasteiger partial charge in [0, 0.05) is 10.5 Å². The third-order valence-electron chi connectivity index (χ3n) is 3.16. The van der Waals surface area contributed by atoms with E-state index in [-0.39, 0.29) is 0 Å². The van der Waals surface area contributed by atoms with Crippen molar-refractivity contribution in [3.63, 3.8) is 0 Å². The van der Waals surface area contributed by atoms with Gasteiger partial charge in [-0.15, -0.1) is 0 Å². The summed E-state index contributed by atoms with van der Waals surface area (Å²) in [5.74, 6) is 0.816. The van der Waals surface area contributed by atoms with Crippen LogP contribution in [0, 0.1) is 0 Å². The number of hydrogen-bond acceptors (Lipinski definition) is 5. The van der Waals surface area contributed by atoms with E-state index >= 15 is 0 Å². The zero-order chi connectivity index (χ0) is 15.9. The van der Waals surface area contributed by atoms with Gasteiger partial charge in [0.15, 0.2) is 0 Å². The molecule has 0 saturated carbocycles. The van der Waals surface area contributed by atoms with Crippen molar-refractivity contribution in [1.82, 2.24) is 0 Å². The number of benzene rings is 2. The van der Waals surface area contributed by atoms with Gasteiger partial charge in [-0.05, 0) is 53.9 Å². The van der Waals surface area contributed by atoms with Gasteiger partial charge in [0.2, 0.25) is 0 Å². The highest BCUT2D eigenvalue weighted by molar-refractivity contribution is 8.00. The number of hydrogen-bond donors (Lipinski definition) is 1. The lowest BCUT2D eigenvalue weighted by Crippen LogP contribution is -1.93. The molecule has 0 amide bonds. The topological polar surface area (TPSA) is 46.8 Å². The van der Waals surface area contributed by atoms with Crippen molar-refractivity contribution >= 4 is 23.8 Å². The molecule has 5 heteroatoms. The largest absolute Gasteiger partial charge is 0.464 e. The first-order valence-electron chi connectivity index (χ1n) is 7.09. The maximum atomic E-state index is 5.53. The smallest absolute Gasteiger partial charge is 0.135 e. The highest BCUT2D eigenvalue weighted by Gasteiger charge is 2.09. The van der Waals surface area contributed by atoms with E-state index < -0.39 is 0 Å². The molecule has 0 spiro atoms. The lowest BCUT2D eigenvalue weighted by molar-refractivity contribution is 0.215. The Bertz CT molecular complexity index is 771. The van der Waals surface area contributed by atoms with Gasteiger partial charge in [0.1, 0.15) is 12.9 Å². The molecule has 0 bridgehead atoms. The SMILES string of the molecule is CO/N=C\c1ccc(-c2ccco2)c(NSc2ccccc2)c1. The minimum absolute atomic E-state index is 0.816. The summed E-state index contributed by atoms with van der Waals surface area (Å²) < 4.78 is 8.91. The van der Waals surface area contributed by atoms with Gasteiger partial charge < -0.3 is 14.0 Å². The van der Waals surface area contributed by atoms with Crippen LogP contribution in [-0.2, 0) is 4.84 Å². The second kappa shape index (κ2) is 7.56. The van der Waals surface area contributed by atoms with Crippen LogP contribution in [0.1, 0.15) is 5.56 Å². The van der Waals surface area contributed by atoms with E-state index in [1.54, 1.807) is 24.4 Å². The molecule has 1 heterocycles. The number of anilines is 1. The first-order chi connectivity index (χ1) is 11.4. The minimum Gasteiger partial charge on any atom is -0.464 e. The van der Waals surface area contributed by atoms with E-state index in [0.717, 1.165) is 27.5 Å². The molecule has 23 heavy (non-hydrogen) atoms. The fourth-order valence-corrected chi connectivity index (χ4v) is 2.78. The first-order valence-corrected chi connectivity index (χ1v) is 7.91. The monoisotopic (exact) mass is 324 g/mol. The van der Waals surface area contributed by atoms with Crippen LogP contribution >= 0.6 is 11.9 Å². The predicted molar refractivity (Wildman–Crippen MR) is 94.7 cm³/mol. The third-order valence-corrected chi connectivity index (χ3v) is 3.99. The molecule has 2 aromatic carbocycles. The summed E-state index contributed by atoms with van der Waals surface area (Å²) in [7, 11) is 1.53. The molecule has 0 fully saturated rings. The van der Waals surface area contributed by atoms with Crippen molar-refractivity contribution in [3.8, 4) is 11.3 Å². The normalized spacial score (nSPS) is 10.8. The van der Waals surface area contributed by atoms with Crippen LogP contribution in [-0.4, -0.2) is 13.3 Å². The average molecular weight is 324 g/mol. The quantitative estimate of drug-likeness (QED) is 0.392. The van der Waals surface area contributed by atoms with Crippen LogP contribution in [0.25, 0.3) is 11.3 Å². The predicted octanol–water partition coefficient (Wildman–Crippen LogP) is 5.05. The second-order valence-electron chi connectivity index (χ2n) is 4.72. The van der Waals surface area contributed by atoms with Crippen LogP contribution in [0.2, 0.25) is 0 Å². The summed E-state index contributed by atoms with van der Waals surface area (Å²) in [6.45, 7) is 0. The van der Waals surface area contributed by atoms with Gasteiger partial charge in [0.05, 0.1) is 18.2 Å². The molecular weight excluding hydrogens is 308 g/mol. The molecule has 0 radical (unpaired) electrons. The second-order valence-corrected chi connectivity index (χ2v) is 5.60. The van der Waals surface area contributed by atoms with Crippen molar-refractivity contribution in [1.29, 1.82) is 0 Å². The average Bonchev–Trinajstić information content (AvgIpc) is 3.13. The summed E-state index contributed by atoms with van der Waals surface area (Å²) in [5.41, 5.74) is 2.89. The van der Waals surface area contributed by atoms with Crippen LogP contribution in [0.15, 0.2) is 81.4 Å². The van der Waals surface area contributed by atoms with Crippen LogP contribution < -0.4 is 4.72 Å². The van der Waals surface area contributed by atoms with Crippen LogP contribution in [0.5, 0.6) is 0 Å². The molecule has 3 aromatic rings. The Morgan fingerprint density at radius 2 is 1.96 bits per heavy atom. The Morgan fingerprint density at radius 1 is 1.09 bits per heavy atom. The lowest BCUT2D eigenvalue weighted by atomic mass is 10.1. The molecule has 116 valence electrons. The van der Waals surface area contributed by atoms with Crippen molar-refractivity contribution in [3.05, 3.63) is 72.5 Å². The Hall–Kier alpha value is -2.66. The number of nitrogens with zero attached hydrogens (tertiary/aromatic N) is 1. The fraction of sp³-hybridized carbons (Fsp3) is 0.0556. The Balaban J connectivity index is 1.89. The summed E-state index contributed by atoms with van der Waals surface area (Å²) in [6.07, 6.45) is 3.34. The van der Waals surface area contributed by atoms with Crippen molar-refractivity contribution < 1.29 is 9.25 Å². The molecule has 4 nitrogen and oxygen atoms in total. The van der Waals surface area contributed by atoms with Crippen LogP contribution in [0.4, 0.5) is 5.69 Å². The van der Waals surface area contributed by atoms with Gasteiger partial charge in [-0.1, -0.05) is 29.4 Å². The molecule has 1 N–H and O–H groups in total. The Labute approximate surface area is 139 Å². The Morgan fingerprint density at radius 3 is 2.70 bits per heavy atom. The van der Waals surface area contributed by atoms with Gasteiger partial charge in [-0.25, -0.2) is 0 Å². The Kier molecular flexibility index (Phi) is 5.01. The summed E-state index contributed by atoms with van der Waals surface area (Å²) in [4.78, 5) is 5.88. The molecular formula is C18H16N2O2S. The first kappa shape index (κ1) is 15.2. The molecule has 0 aliphatic carbocycles. The van der Waals surface area contributed by atoms with Crippen LogP contribution in [0.3, 0.4) is 0 Å². The highest BCUT2D eigenvalue weighted by atomic mass is 32.2. The highest BCUT2D eigenvalue weighted by Crippen LogP contribution is 2.32. The molecule has 3 rings (SSSR count). The van der Waals surface area contributed by atoms with E-state index in [1.165, 1.54) is 7.11 Å². The van der Waals surface area contributed by atoms with Gasteiger partial charge in [-0.3, -0.25) is 0 Å². The van der Waals surface area contributed by atoms with Gasteiger partial charge in [0.25, 0.3) is 0 Å². The molecule has 1 aromatic heterocycles. The molecule has 0 aliphatic rings. The van der Waals surface area contributed by atoms with Gasteiger partial charge in [-0.2, -0.15) is 0 Å². The van der Waals surface area contributed by atoms with E-state index in [2.05, 4.69) is 22.0 Å². The van der Waals surface area contributed by atoms with Crippen molar-refractivity contribution in [2.45, 2.75) is 4.90 Å². The number of furan rings is 1. The molecule has 0 atom stereocenters. The van der Waals surface area contributed by atoms with Crippen molar-refractivity contribution in [2.24, 2.45) is 5.16 Å². The summed E-state index contributed by atoms with van der Waals surface area (Å²) in [5, 5.41) is 3.81. The fourth-order valence-electron chi connectivity index (χ4n) is 2.09. The van der Waals surface area contributed by atoms with Crippen molar-refractivity contribution in [2.75, 3.05) is 11.8 Å². The maximum Gasteiger partial charge on any atom is 0.135 e. The zero-order valence-electron chi connectivity index (χ0n) is 12.6. The minimum atomic E-state index is 0.816. The van der Waals surface area contributed by atoms with E-state index in [9.17, 15) is 0 Å². The molecule has 0 aliphatic heterocycles. The van der Waals surface area contributed by atoms with Gasteiger partial charge >= 0.3 is 0 Å². The zero-order valence-corrected chi connectivity index (χ0v) is 13.4. The number of rotatable bonds is 6. The summed E-state index contributed by atoms with van der Waals surface area (Å²) >= 11 is 1.55. The standard InChI is InChI=1S/C18H16N2O2S/c1-21-19-13-14-9-10-16(18-8-5-11-22-18)17(12-14)20-23-15-6-3-2-4-7-15/h2-13,20H,1H3/b19-13-. The molecule has 0 unspecified atom stereocenters. The number of nitrogens with one attached hydrogen (secondary N) is 1. The van der Waals surface area contributed by atoms with E-state index in [0.29, 0.717) is 0 Å². The maximum absolute atomic E-state index is 5.53. The summed E-state index contributed by atoms with van der Waals surface area (Å²) in [6, 6.07) is 19.9. The number of oxime groups is 1. The third kappa shape index (κ3) is 3.96.